The molecule has 2 saturated carbocycles. The Morgan fingerprint density at radius 2 is 2.08 bits per heavy atom. The fourth-order valence-corrected chi connectivity index (χ4v) is 4.94. The van der Waals surface area contributed by atoms with Crippen LogP contribution in [0.25, 0.3) is 0 Å². The molecule has 2 heterocycles. The minimum atomic E-state index is 0.227. The summed E-state index contributed by atoms with van der Waals surface area (Å²) >= 11 is 0. The summed E-state index contributed by atoms with van der Waals surface area (Å²) in [5, 5.41) is 7.70. The van der Waals surface area contributed by atoms with Gasteiger partial charge in [0.25, 0.3) is 0 Å². The summed E-state index contributed by atoms with van der Waals surface area (Å²) < 4.78 is 6.33. The molecule has 0 aromatic carbocycles. The lowest BCUT2D eigenvalue weighted by molar-refractivity contribution is -0.0291. The van der Waals surface area contributed by atoms with Gasteiger partial charge in [-0.2, -0.15) is 5.10 Å². The molecule has 4 heteroatoms. The van der Waals surface area contributed by atoms with Crippen LogP contribution in [0.5, 0.6) is 0 Å². The molecule has 0 bridgehead atoms. The minimum Gasteiger partial charge on any atom is -0.374 e. The Morgan fingerprint density at radius 3 is 2.75 bits per heavy atom. The molecular weight excluding hydrogens is 298 g/mol. The summed E-state index contributed by atoms with van der Waals surface area (Å²) in [6, 6.07) is 0. The smallest absolute Gasteiger partial charge is 0.0689 e. The number of ether oxygens (including phenoxy) is 1. The average Bonchev–Trinajstić information content (AvgIpc) is 3.03. The van der Waals surface area contributed by atoms with Gasteiger partial charge in [-0.3, -0.25) is 5.10 Å². The van der Waals surface area contributed by atoms with Crippen molar-refractivity contribution in [2.75, 3.05) is 20.2 Å². The lowest BCUT2D eigenvalue weighted by Gasteiger charge is -2.36. The number of hydrogen-bond acceptors (Lipinski definition) is 3. The van der Waals surface area contributed by atoms with E-state index >= 15 is 0 Å². The Kier molecular flexibility index (Phi) is 4.46. The third kappa shape index (κ3) is 3.28. The summed E-state index contributed by atoms with van der Waals surface area (Å²) in [4.78, 5) is 2.43. The zero-order chi connectivity index (χ0) is 16.6. The van der Waals surface area contributed by atoms with Crippen molar-refractivity contribution in [3.8, 4) is 0 Å². The van der Waals surface area contributed by atoms with E-state index in [4.69, 9.17) is 4.74 Å². The van der Waals surface area contributed by atoms with Crippen molar-refractivity contribution in [2.45, 2.75) is 82.8 Å². The molecule has 1 aromatic rings. The van der Waals surface area contributed by atoms with Gasteiger partial charge in [0.2, 0.25) is 0 Å². The fraction of sp³-hybridized carbons (Fsp3) is 0.850. The summed E-state index contributed by atoms with van der Waals surface area (Å²) in [6.45, 7) is 5.49. The number of nitrogens with zero attached hydrogens (tertiary/aromatic N) is 2. The van der Waals surface area contributed by atoms with E-state index in [-0.39, 0.29) is 5.60 Å². The van der Waals surface area contributed by atoms with Gasteiger partial charge in [0.15, 0.2) is 0 Å². The molecule has 1 N–H and O–H groups in total. The van der Waals surface area contributed by atoms with Gasteiger partial charge in [-0.25, -0.2) is 0 Å². The zero-order valence-electron chi connectivity index (χ0n) is 15.4. The zero-order valence-corrected chi connectivity index (χ0v) is 15.4. The van der Waals surface area contributed by atoms with Crippen LogP contribution < -0.4 is 0 Å². The highest BCUT2D eigenvalue weighted by Crippen LogP contribution is 2.60. The van der Waals surface area contributed by atoms with Gasteiger partial charge in [0.05, 0.1) is 18.4 Å². The van der Waals surface area contributed by atoms with Crippen LogP contribution in [0.4, 0.5) is 0 Å². The quantitative estimate of drug-likeness (QED) is 0.848. The van der Waals surface area contributed by atoms with Crippen LogP contribution in [0.2, 0.25) is 0 Å². The second-order valence-corrected chi connectivity index (χ2v) is 8.82. The number of aromatic nitrogens is 2. The number of unbranched alkanes of at least 4 members (excludes halogenated alkanes) is 1. The van der Waals surface area contributed by atoms with Gasteiger partial charge in [-0.15, -0.1) is 0 Å². The maximum absolute atomic E-state index is 6.33. The Labute approximate surface area is 146 Å². The first-order valence-electron chi connectivity index (χ1n) is 9.98. The predicted octanol–water partition coefficient (Wildman–Crippen LogP) is 4.24. The Hall–Kier alpha value is -0.870. The molecule has 3 fully saturated rings. The molecule has 3 aliphatic rings. The molecule has 0 atom stereocenters. The van der Waals surface area contributed by atoms with E-state index in [1.807, 2.05) is 6.20 Å². The van der Waals surface area contributed by atoms with Crippen LogP contribution in [-0.2, 0) is 11.3 Å². The molecule has 134 valence electrons. The molecule has 1 saturated heterocycles. The fourth-order valence-electron chi connectivity index (χ4n) is 4.94. The molecule has 4 nitrogen and oxygen atoms in total. The van der Waals surface area contributed by atoms with Crippen molar-refractivity contribution >= 4 is 0 Å². The van der Waals surface area contributed by atoms with Crippen molar-refractivity contribution in [2.24, 2.45) is 5.41 Å². The van der Waals surface area contributed by atoms with E-state index in [0.29, 0.717) is 11.3 Å². The standard InChI is InChI=1S/C20H33N3O/c1-3-4-11-23(2)13-17-12-21-22-18(17)16-5-7-20(8-6-16)14-19(9-10-19)15-24-20/h12,16H,3-11,13-15H2,1-2H3,(H,21,22). The van der Waals surface area contributed by atoms with Crippen LogP contribution in [-0.4, -0.2) is 40.9 Å². The number of hydrogen-bond donors (Lipinski definition) is 1. The summed E-state index contributed by atoms with van der Waals surface area (Å²) in [6.07, 6.45) is 13.7. The van der Waals surface area contributed by atoms with Crippen molar-refractivity contribution in [3.63, 3.8) is 0 Å². The monoisotopic (exact) mass is 331 g/mol. The summed E-state index contributed by atoms with van der Waals surface area (Å²) in [5.74, 6) is 0.645. The molecule has 0 unspecified atom stereocenters. The van der Waals surface area contributed by atoms with E-state index in [9.17, 15) is 0 Å². The van der Waals surface area contributed by atoms with Gasteiger partial charge >= 0.3 is 0 Å². The van der Waals surface area contributed by atoms with E-state index in [2.05, 4.69) is 29.1 Å². The van der Waals surface area contributed by atoms with E-state index < -0.39 is 0 Å². The van der Waals surface area contributed by atoms with Gasteiger partial charge in [0.1, 0.15) is 0 Å². The molecular formula is C20H33N3O. The molecule has 24 heavy (non-hydrogen) atoms. The SMILES string of the molecule is CCCCN(C)Cc1cn[nH]c1C1CCC2(CC1)CC1(CC1)CO2. The third-order valence-corrected chi connectivity index (χ3v) is 6.73. The first-order chi connectivity index (χ1) is 11.6. The van der Waals surface area contributed by atoms with Crippen LogP contribution in [0.3, 0.4) is 0 Å². The van der Waals surface area contributed by atoms with Crippen LogP contribution in [0.15, 0.2) is 6.20 Å². The predicted molar refractivity (Wildman–Crippen MR) is 96.0 cm³/mol. The molecule has 1 aromatic heterocycles. The van der Waals surface area contributed by atoms with Gasteiger partial charge in [-0.1, -0.05) is 13.3 Å². The molecule has 2 aliphatic carbocycles. The molecule has 4 rings (SSSR count). The van der Waals surface area contributed by atoms with Gasteiger partial charge in [0, 0.05) is 23.7 Å². The topological polar surface area (TPSA) is 41.2 Å². The van der Waals surface area contributed by atoms with Crippen molar-refractivity contribution in [3.05, 3.63) is 17.5 Å². The average molecular weight is 332 g/mol. The maximum atomic E-state index is 6.33. The lowest BCUT2D eigenvalue weighted by Crippen LogP contribution is -2.33. The Bertz CT molecular complexity index is 555. The number of rotatable bonds is 6. The van der Waals surface area contributed by atoms with Crippen LogP contribution in [0.1, 0.15) is 81.9 Å². The van der Waals surface area contributed by atoms with E-state index in [1.165, 1.54) is 75.6 Å². The minimum absolute atomic E-state index is 0.227. The highest BCUT2D eigenvalue weighted by Gasteiger charge is 2.56. The molecule has 0 radical (unpaired) electrons. The maximum Gasteiger partial charge on any atom is 0.0689 e. The molecule has 0 amide bonds. The van der Waals surface area contributed by atoms with Crippen molar-refractivity contribution < 1.29 is 4.74 Å². The van der Waals surface area contributed by atoms with Crippen molar-refractivity contribution in [1.82, 2.24) is 15.1 Å². The van der Waals surface area contributed by atoms with Gasteiger partial charge < -0.3 is 9.64 Å². The highest BCUT2D eigenvalue weighted by molar-refractivity contribution is 5.22. The summed E-state index contributed by atoms with van der Waals surface area (Å²) in [5.41, 5.74) is 3.63. The number of aromatic amines is 1. The normalized spacial score (nSPS) is 31.4. The largest absolute Gasteiger partial charge is 0.374 e. The van der Waals surface area contributed by atoms with E-state index in [1.54, 1.807) is 0 Å². The number of H-pyrrole nitrogens is 1. The van der Waals surface area contributed by atoms with Gasteiger partial charge in [-0.05, 0) is 70.4 Å². The summed E-state index contributed by atoms with van der Waals surface area (Å²) in [7, 11) is 2.23. The number of nitrogens with one attached hydrogen (secondary N) is 1. The first kappa shape index (κ1) is 16.6. The third-order valence-electron chi connectivity index (χ3n) is 6.73. The van der Waals surface area contributed by atoms with Crippen molar-refractivity contribution in [1.29, 1.82) is 0 Å². The highest BCUT2D eigenvalue weighted by atomic mass is 16.5. The molecule has 1 aliphatic heterocycles. The Morgan fingerprint density at radius 1 is 1.29 bits per heavy atom. The van der Waals surface area contributed by atoms with E-state index in [0.717, 1.165) is 13.2 Å². The van der Waals surface area contributed by atoms with Crippen LogP contribution in [0, 0.1) is 5.41 Å². The van der Waals surface area contributed by atoms with Crippen LogP contribution >= 0.6 is 0 Å². The first-order valence-corrected chi connectivity index (χ1v) is 9.98. The second kappa shape index (κ2) is 6.45. The lowest BCUT2D eigenvalue weighted by atomic mass is 9.74. The molecule has 2 spiro atoms. The second-order valence-electron chi connectivity index (χ2n) is 8.82. The Balaban J connectivity index is 1.35.